The summed E-state index contributed by atoms with van der Waals surface area (Å²) >= 11 is 0. The second-order valence-corrected chi connectivity index (χ2v) is 9.90. The lowest BCUT2D eigenvalue weighted by Gasteiger charge is -2.20. The van der Waals surface area contributed by atoms with E-state index >= 15 is 0 Å². The Hall–Kier alpha value is -2.88. The molecule has 0 saturated carbocycles. The average molecular weight is 473 g/mol. The predicted octanol–water partition coefficient (Wildman–Crippen LogP) is 3.49. The number of rotatable bonds is 10. The molecule has 2 aromatic carbocycles. The molecule has 3 rings (SSSR count). The van der Waals surface area contributed by atoms with E-state index in [2.05, 4.69) is 14.8 Å². The third kappa shape index (κ3) is 5.38. The van der Waals surface area contributed by atoms with Gasteiger partial charge in [-0.1, -0.05) is 13.8 Å². The predicted molar refractivity (Wildman–Crippen MR) is 132 cm³/mol. The van der Waals surface area contributed by atoms with Crippen LogP contribution in [-0.4, -0.2) is 68.9 Å². The van der Waals surface area contributed by atoms with Crippen LogP contribution in [0.3, 0.4) is 0 Å². The summed E-state index contributed by atoms with van der Waals surface area (Å²) in [5.74, 6) is -0.182. The van der Waals surface area contributed by atoms with Crippen molar-refractivity contribution in [3.8, 4) is 5.75 Å². The highest BCUT2D eigenvalue weighted by molar-refractivity contribution is 7.89. The zero-order valence-electron chi connectivity index (χ0n) is 19.8. The Morgan fingerprint density at radius 2 is 1.79 bits per heavy atom. The van der Waals surface area contributed by atoms with Crippen LogP contribution in [0.2, 0.25) is 0 Å². The molecule has 178 valence electrons. The van der Waals surface area contributed by atoms with E-state index in [0.717, 1.165) is 24.0 Å². The Morgan fingerprint density at radius 3 is 2.42 bits per heavy atom. The van der Waals surface area contributed by atoms with Crippen LogP contribution in [0.1, 0.15) is 24.2 Å². The van der Waals surface area contributed by atoms with Gasteiger partial charge in [0.15, 0.2) is 0 Å². The van der Waals surface area contributed by atoms with Crippen LogP contribution < -0.4 is 10.1 Å². The average Bonchev–Trinajstić information content (AvgIpc) is 3.20. The molecular formula is C24H32N4O4S. The molecule has 1 aromatic heterocycles. The largest absolute Gasteiger partial charge is 0.495 e. The molecule has 0 bridgehead atoms. The molecule has 33 heavy (non-hydrogen) atoms. The number of likely N-dealkylation sites (N-methyl/N-ethyl adjacent to an activating group) is 1. The number of sulfonamides is 1. The van der Waals surface area contributed by atoms with Crippen molar-refractivity contribution < 1.29 is 17.9 Å². The normalized spacial score (nSPS) is 12.0. The Balaban J connectivity index is 1.86. The van der Waals surface area contributed by atoms with Crippen molar-refractivity contribution in [3.05, 3.63) is 54.2 Å². The number of carbonyl (C=O) groups excluding carboxylic acids is 1. The van der Waals surface area contributed by atoms with Crippen LogP contribution in [-0.2, 0) is 16.6 Å². The molecule has 1 amide bonds. The van der Waals surface area contributed by atoms with Gasteiger partial charge in [0, 0.05) is 54.5 Å². The number of amides is 1. The maximum Gasteiger partial charge on any atom is 0.255 e. The number of methoxy groups -OCH3 is 1. The molecule has 0 fully saturated rings. The number of benzene rings is 2. The molecular weight excluding hydrogens is 440 g/mol. The van der Waals surface area contributed by atoms with Gasteiger partial charge in [-0.15, -0.1) is 0 Å². The minimum Gasteiger partial charge on any atom is -0.495 e. The van der Waals surface area contributed by atoms with Crippen molar-refractivity contribution in [2.75, 3.05) is 46.2 Å². The summed E-state index contributed by atoms with van der Waals surface area (Å²) in [6.45, 7) is 6.00. The van der Waals surface area contributed by atoms with Crippen molar-refractivity contribution in [1.82, 2.24) is 13.8 Å². The maximum atomic E-state index is 13.1. The topological polar surface area (TPSA) is 83.9 Å². The van der Waals surface area contributed by atoms with Crippen molar-refractivity contribution in [3.63, 3.8) is 0 Å². The van der Waals surface area contributed by atoms with Gasteiger partial charge >= 0.3 is 0 Å². The standard InChI is InChI=1S/C24H32N4O4S/c1-6-28(7-2)33(30,31)23-17-19(8-11-22(23)32-5)24(29)25-20-9-10-21-18(16-20)12-13-27(21)15-14-26(3)4/h8-13,16-17H,6-7,14-15H2,1-5H3,(H,25,29). The maximum absolute atomic E-state index is 13.1. The van der Waals surface area contributed by atoms with Gasteiger partial charge in [0.1, 0.15) is 10.6 Å². The number of anilines is 1. The van der Waals surface area contributed by atoms with Gasteiger partial charge in [-0.25, -0.2) is 8.42 Å². The summed E-state index contributed by atoms with van der Waals surface area (Å²) < 4.78 is 34.9. The lowest BCUT2D eigenvalue weighted by atomic mass is 10.2. The Labute approximate surface area is 195 Å². The first kappa shape index (κ1) is 24.8. The first-order valence-electron chi connectivity index (χ1n) is 10.9. The lowest BCUT2D eigenvalue weighted by Crippen LogP contribution is -2.31. The summed E-state index contributed by atoms with van der Waals surface area (Å²) in [7, 11) is 1.70. The summed E-state index contributed by atoms with van der Waals surface area (Å²) in [4.78, 5) is 15.1. The van der Waals surface area contributed by atoms with Gasteiger partial charge in [0.2, 0.25) is 10.0 Å². The van der Waals surface area contributed by atoms with Crippen molar-refractivity contribution >= 4 is 32.5 Å². The molecule has 1 heterocycles. The lowest BCUT2D eigenvalue weighted by molar-refractivity contribution is 0.102. The number of nitrogens with zero attached hydrogens (tertiary/aromatic N) is 3. The molecule has 3 aromatic rings. The molecule has 0 aliphatic heterocycles. The Kier molecular flexibility index (Phi) is 7.78. The highest BCUT2D eigenvalue weighted by Gasteiger charge is 2.26. The second-order valence-electron chi connectivity index (χ2n) is 8.00. The van der Waals surface area contributed by atoms with Gasteiger partial charge in [-0.05, 0) is 56.6 Å². The molecule has 9 heteroatoms. The van der Waals surface area contributed by atoms with Crippen molar-refractivity contribution in [1.29, 1.82) is 0 Å². The number of ether oxygens (including phenoxy) is 1. The zero-order chi connectivity index (χ0) is 24.2. The quantitative estimate of drug-likeness (QED) is 0.488. The van der Waals surface area contributed by atoms with Gasteiger partial charge < -0.3 is 19.5 Å². The SMILES string of the molecule is CCN(CC)S(=O)(=O)c1cc(C(=O)Nc2ccc3c(ccn3CCN(C)C)c2)ccc1OC. The Morgan fingerprint density at radius 1 is 1.06 bits per heavy atom. The molecule has 8 nitrogen and oxygen atoms in total. The Bertz CT molecular complexity index is 1230. The highest BCUT2D eigenvalue weighted by atomic mass is 32.2. The smallest absolute Gasteiger partial charge is 0.255 e. The highest BCUT2D eigenvalue weighted by Crippen LogP contribution is 2.28. The number of nitrogens with one attached hydrogen (secondary N) is 1. The van der Waals surface area contributed by atoms with E-state index in [1.807, 2.05) is 44.6 Å². The molecule has 1 N–H and O–H groups in total. The molecule has 0 unspecified atom stereocenters. The first-order valence-corrected chi connectivity index (χ1v) is 12.4. The number of hydrogen-bond acceptors (Lipinski definition) is 5. The fourth-order valence-electron chi connectivity index (χ4n) is 3.71. The second kappa shape index (κ2) is 10.4. The third-order valence-electron chi connectivity index (χ3n) is 5.57. The molecule has 0 aliphatic rings. The number of aromatic nitrogens is 1. The minimum absolute atomic E-state index is 0.0187. The summed E-state index contributed by atoms with van der Waals surface area (Å²) in [6, 6.07) is 12.2. The molecule has 0 spiro atoms. The van der Waals surface area contributed by atoms with E-state index in [1.165, 1.54) is 23.5 Å². The van der Waals surface area contributed by atoms with Crippen LogP contribution in [0.25, 0.3) is 10.9 Å². The van der Waals surface area contributed by atoms with E-state index < -0.39 is 10.0 Å². The zero-order valence-corrected chi connectivity index (χ0v) is 20.6. The fraction of sp³-hybridized carbons (Fsp3) is 0.375. The number of fused-ring (bicyclic) bond motifs is 1. The molecule has 0 radical (unpaired) electrons. The summed E-state index contributed by atoms with van der Waals surface area (Å²) in [5.41, 5.74) is 1.97. The minimum atomic E-state index is -3.79. The number of carbonyl (C=O) groups is 1. The van der Waals surface area contributed by atoms with Crippen LogP contribution in [0.5, 0.6) is 5.75 Å². The van der Waals surface area contributed by atoms with Crippen LogP contribution in [0, 0.1) is 0 Å². The van der Waals surface area contributed by atoms with E-state index in [9.17, 15) is 13.2 Å². The van der Waals surface area contributed by atoms with E-state index in [0.29, 0.717) is 18.8 Å². The van der Waals surface area contributed by atoms with Crippen LogP contribution >= 0.6 is 0 Å². The van der Waals surface area contributed by atoms with E-state index in [-0.39, 0.29) is 22.1 Å². The van der Waals surface area contributed by atoms with Crippen molar-refractivity contribution in [2.45, 2.75) is 25.3 Å². The molecule has 0 atom stereocenters. The van der Waals surface area contributed by atoms with Gasteiger partial charge in [0.25, 0.3) is 5.91 Å². The van der Waals surface area contributed by atoms with Crippen LogP contribution in [0.15, 0.2) is 53.6 Å². The third-order valence-corrected chi connectivity index (χ3v) is 7.64. The number of hydrogen-bond donors (Lipinski definition) is 1. The van der Waals surface area contributed by atoms with Crippen LogP contribution in [0.4, 0.5) is 5.69 Å². The van der Waals surface area contributed by atoms with E-state index in [1.54, 1.807) is 19.9 Å². The van der Waals surface area contributed by atoms with Crippen molar-refractivity contribution in [2.24, 2.45) is 0 Å². The van der Waals surface area contributed by atoms with E-state index in [4.69, 9.17) is 4.74 Å². The van der Waals surface area contributed by atoms with Gasteiger partial charge in [-0.3, -0.25) is 4.79 Å². The summed E-state index contributed by atoms with van der Waals surface area (Å²) in [6.07, 6.45) is 2.04. The monoisotopic (exact) mass is 472 g/mol. The first-order chi connectivity index (χ1) is 15.7. The summed E-state index contributed by atoms with van der Waals surface area (Å²) in [5, 5.41) is 3.90. The molecule has 0 saturated heterocycles. The van der Waals surface area contributed by atoms with Gasteiger partial charge in [-0.2, -0.15) is 4.31 Å². The van der Waals surface area contributed by atoms with Gasteiger partial charge in [0.05, 0.1) is 7.11 Å². The molecule has 0 aliphatic carbocycles. The fourth-order valence-corrected chi connectivity index (χ4v) is 5.35.